The summed E-state index contributed by atoms with van der Waals surface area (Å²) in [5.74, 6) is 2.46. The number of hydrogen-bond acceptors (Lipinski definition) is 8. The van der Waals surface area contributed by atoms with Gasteiger partial charge in [0.1, 0.15) is 0 Å². The van der Waals surface area contributed by atoms with Gasteiger partial charge < -0.3 is 19.4 Å². The van der Waals surface area contributed by atoms with Gasteiger partial charge in [-0.3, -0.25) is 4.90 Å². The lowest BCUT2D eigenvalue weighted by Crippen LogP contribution is -2.47. The molecule has 0 amide bonds. The third-order valence-corrected chi connectivity index (χ3v) is 7.03. The molecule has 1 aromatic heterocycles. The average Bonchev–Trinajstić information content (AvgIpc) is 3.60. The maximum atomic E-state index is 13.2. The van der Waals surface area contributed by atoms with Gasteiger partial charge in [-0.1, -0.05) is 25.1 Å². The first-order chi connectivity index (χ1) is 16.7. The number of esters is 1. The Kier molecular flexibility index (Phi) is 7.13. The van der Waals surface area contributed by atoms with Gasteiger partial charge in [-0.25, -0.2) is 4.79 Å². The first-order valence-electron chi connectivity index (χ1n) is 12.9. The van der Waals surface area contributed by atoms with Crippen LogP contribution in [-0.4, -0.2) is 79.7 Å². The molecule has 5 rings (SSSR count). The fourth-order valence-electron chi connectivity index (χ4n) is 5.15. The highest BCUT2D eigenvalue weighted by atomic mass is 16.5. The van der Waals surface area contributed by atoms with Crippen LogP contribution in [0.25, 0.3) is 0 Å². The number of piperazine rings is 1. The lowest BCUT2D eigenvalue weighted by atomic mass is 10.2. The largest absolute Gasteiger partial charge is 0.415 e. The Morgan fingerprint density at radius 2 is 1.35 bits per heavy atom. The lowest BCUT2D eigenvalue weighted by Gasteiger charge is -2.36. The molecule has 8 heteroatoms. The van der Waals surface area contributed by atoms with Crippen LogP contribution >= 0.6 is 0 Å². The number of rotatable bonds is 7. The second-order valence-corrected chi connectivity index (χ2v) is 9.47. The molecule has 3 aliphatic rings. The van der Waals surface area contributed by atoms with Crippen molar-refractivity contribution in [3.8, 4) is 5.75 Å². The molecule has 3 saturated heterocycles. The van der Waals surface area contributed by atoms with Gasteiger partial charge in [0, 0.05) is 52.4 Å². The topological polar surface area (TPSA) is 65.0 Å². The number of ether oxygens (including phenoxy) is 1. The van der Waals surface area contributed by atoms with Crippen molar-refractivity contribution in [2.24, 2.45) is 0 Å². The number of aromatic nitrogens is 2. The van der Waals surface area contributed by atoms with Crippen LogP contribution in [0, 0.1) is 0 Å². The number of anilines is 3. The van der Waals surface area contributed by atoms with Gasteiger partial charge in [-0.05, 0) is 50.8 Å². The van der Waals surface area contributed by atoms with Crippen LogP contribution in [0.15, 0.2) is 30.3 Å². The fraction of sp³-hybridized carbons (Fsp3) is 0.577. The van der Waals surface area contributed by atoms with E-state index >= 15 is 0 Å². The molecule has 182 valence electrons. The van der Waals surface area contributed by atoms with E-state index in [1.54, 1.807) is 12.1 Å². The summed E-state index contributed by atoms with van der Waals surface area (Å²) in [5.41, 5.74) is 0.539. The third kappa shape index (κ3) is 4.97. The van der Waals surface area contributed by atoms with E-state index in [-0.39, 0.29) is 5.97 Å². The first kappa shape index (κ1) is 22.9. The van der Waals surface area contributed by atoms with Gasteiger partial charge in [0.15, 0.2) is 11.6 Å². The molecule has 3 fully saturated rings. The summed E-state index contributed by atoms with van der Waals surface area (Å²) in [6.07, 6.45) is 5.74. The summed E-state index contributed by atoms with van der Waals surface area (Å²) in [6.45, 7) is 10.9. The Bertz CT molecular complexity index is 965. The molecule has 4 heterocycles. The van der Waals surface area contributed by atoms with E-state index in [9.17, 15) is 4.79 Å². The van der Waals surface area contributed by atoms with Crippen LogP contribution in [0.3, 0.4) is 0 Å². The van der Waals surface area contributed by atoms with Crippen LogP contribution in [0.5, 0.6) is 5.75 Å². The molecule has 0 unspecified atom stereocenters. The minimum atomic E-state index is -0.357. The van der Waals surface area contributed by atoms with Gasteiger partial charge in [-0.2, -0.15) is 9.97 Å². The maximum Gasteiger partial charge on any atom is 0.343 e. The monoisotopic (exact) mass is 464 g/mol. The van der Waals surface area contributed by atoms with Gasteiger partial charge in [0.2, 0.25) is 11.7 Å². The van der Waals surface area contributed by atoms with E-state index in [4.69, 9.17) is 14.7 Å². The Morgan fingerprint density at radius 1 is 0.794 bits per heavy atom. The molecule has 0 radical (unpaired) electrons. The van der Waals surface area contributed by atoms with Gasteiger partial charge in [0.25, 0.3) is 0 Å². The van der Waals surface area contributed by atoms with E-state index in [1.807, 2.05) is 18.2 Å². The summed E-state index contributed by atoms with van der Waals surface area (Å²) in [6, 6.07) is 9.21. The van der Waals surface area contributed by atoms with Gasteiger partial charge >= 0.3 is 5.97 Å². The second-order valence-electron chi connectivity index (χ2n) is 9.47. The summed E-state index contributed by atoms with van der Waals surface area (Å²) >= 11 is 0. The summed E-state index contributed by atoms with van der Waals surface area (Å²) < 4.78 is 6.14. The van der Waals surface area contributed by atoms with Crippen LogP contribution in [0.1, 0.15) is 49.4 Å². The van der Waals surface area contributed by atoms with E-state index < -0.39 is 0 Å². The van der Waals surface area contributed by atoms with E-state index in [0.29, 0.717) is 11.3 Å². The molecule has 3 aliphatic heterocycles. The number of carbonyl (C=O) groups excluding carboxylic acids is 1. The zero-order valence-corrected chi connectivity index (χ0v) is 20.3. The number of nitrogens with zero attached hydrogens (tertiary/aromatic N) is 6. The average molecular weight is 465 g/mol. The van der Waals surface area contributed by atoms with Crippen molar-refractivity contribution < 1.29 is 9.53 Å². The molecular weight excluding hydrogens is 428 g/mol. The zero-order valence-electron chi connectivity index (χ0n) is 20.3. The Labute approximate surface area is 202 Å². The Hall–Kier alpha value is -2.87. The minimum Gasteiger partial charge on any atom is -0.415 e. The zero-order chi connectivity index (χ0) is 23.3. The molecule has 0 atom stereocenters. The van der Waals surface area contributed by atoms with Crippen molar-refractivity contribution in [1.82, 2.24) is 14.9 Å². The summed E-state index contributed by atoms with van der Waals surface area (Å²) in [5, 5.41) is 0. The molecule has 0 spiro atoms. The molecular formula is C26H36N6O2. The second kappa shape index (κ2) is 10.6. The standard InChI is InChI=1S/C26H36N6O2/c1-2-12-29-17-19-31(20-18-29)24-22(34-25(33)21-10-4-3-5-11-21)23(30-13-6-7-14-30)27-26(28-24)32-15-8-9-16-32/h3-5,10-11H,2,6-9,12-20H2,1H3. The molecule has 8 nitrogen and oxygen atoms in total. The predicted octanol–water partition coefficient (Wildman–Crippen LogP) is 3.43. The number of hydrogen-bond donors (Lipinski definition) is 0. The quantitative estimate of drug-likeness (QED) is 0.578. The highest BCUT2D eigenvalue weighted by molar-refractivity contribution is 5.92. The molecule has 0 bridgehead atoms. The van der Waals surface area contributed by atoms with Crippen molar-refractivity contribution in [3.05, 3.63) is 35.9 Å². The van der Waals surface area contributed by atoms with Crippen molar-refractivity contribution in [1.29, 1.82) is 0 Å². The maximum absolute atomic E-state index is 13.2. The molecule has 1 aromatic carbocycles. The fourth-order valence-corrected chi connectivity index (χ4v) is 5.15. The van der Waals surface area contributed by atoms with Crippen molar-refractivity contribution >= 4 is 23.6 Å². The normalized spacial score (nSPS) is 19.1. The Morgan fingerprint density at radius 3 is 1.94 bits per heavy atom. The molecule has 0 N–H and O–H groups in total. The highest BCUT2D eigenvalue weighted by Crippen LogP contribution is 2.40. The molecule has 0 aliphatic carbocycles. The molecule has 34 heavy (non-hydrogen) atoms. The van der Waals surface area contributed by atoms with Crippen molar-refractivity contribution in [3.63, 3.8) is 0 Å². The Balaban J connectivity index is 1.53. The van der Waals surface area contributed by atoms with Gasteiger partial charge in [0.05, 0.1) is 5.56 Å². The predicted molar refractivity (Wildman–Crippen MR) is 135 cm³/mol. The summed E-state index contributed by atoms with van der Waals surface area (Å²) in [7, 11) is 0. The van der Waals surface area contributed by atoms with Gasteiger partial charge in [-0.15, -0.1) is 0 Å². The van der Waals surface area contributed by atoms with E-state index in [1.165, 1.54) is 0 Å². The lowest BCUT2D eigenvalue weighted by molar-refractivity contribution is 0.0734. The van der Waals surface area contributed by atoms with Crippen LogP contribution in [-0.2, 0) is 0 Å². The smallest absolute Gasteiger partial charge is 0.343 e. The van der Waals surface area contributed by atoms with Crippen molar-refractivity contribution in [2.75, 3.05) is 73.6 Å². The first-order valence-corrected chi connectivity index (χ1v) is 12.9. The van der Waals surface area contributed by atoms with Crippen molar-refractivity contribution in [2.45, 2.75) is 39.0 Å². The SMILES string of the molecule is CCCN1CCN(c2nc(N3CCCC3)nc(N3CCCC3)c2OC(=O)c2ccccc2)CC1. The summed E-state index contributed by atoms with van der Waals surface area (Å²) in [4.78, 5) is 32.6. The number of carbonyl (C=O) groups is 1. The molecule has 2 aromatic rings. The van der Waals surface area contributed by atoms with E-state index in [2.05, 4.69) is 26.5 Å². The minimum absolute atomic E-state index is 0.357. The molecule has 0 saturated carbocycles. The van der Waals surface area contributed by atoms with Crippen LogP contribution in [0.4, 0.5) is 17.6 Å². The highest BCUT2D eigenvalue weighted by Gasteiger charge is 2.31. The van der Waals surface area contributed by atoms with Crippen LogP contribution < -0.4 is 19.4 Å². The van der Waals surface area contributed by atoms with E-state index in [0.717, 1.165) is 109 Å². The van der Waals surface area contributed by atoms with Crippen LogP contribution in [0.2, 0.25) is 0 Å². The third-order valence-electron chi connectivity index (χ3n) is 7.03. The number of benzene rings is 1.